The lowest BCUT2D eigenvalue weighted by Crippen LogP contribution is -2.57. The number of primary amides is 1. The number of hydrogen-bond donors (Lipinski definition) is 6. The normalized spacial score (nSPS) is 16.0. The molecule has 0 rings (SSSR count). The van der Waals surface area contributed by atoms with Crippen molar-refractivity contribution in [3.05, 3.63) is 0 Å². The molecule has 0 bridgehead atoms. The molecule has 126 valence electrons. The third-order valence-corrected chi connectivity index (χ3v) is 2.86. The molecule has 8 N–H and O–H groups in total. The first-order chi connectivity index (χ1) is 10.1. The molecule has 0 aromatic heterocycles. The number of carbonyl (C=O) groups is 4. The highest BCUT2D eigenvalue weighted by Gasteiger charge is 2.30. The van der Waals surface area contributed by atoms with Gasteiger partial charge < -0.3 is 32.3 Å². The molecule has 0 saturated carbocycles. The first-order valence-corrected chi connectivity index (χ1v) is 6.65. The van der Waals surface area contributed by atoms with Gasteiger partial charge in [0.2, 0.25) is 17.7 Å². The molecule has 22 heavy (non-hydrogen) atoms. The Labute approximate surface area is 127 Å². The van der Waals surface area contributed by atoms with E-state index in [9.17, 15) is 24.3 Å². The molecule has 10 nitrogen and oxygen atoms in total. The molecular formula is C12H22N4O6. The van der Waals surface area contributed by atoms with Gasteiger partial charge in [0.1, 0.15) is 6.04 Å². The summed E-state index contributed by atoms with van der Waals surface area (Å²) in [4.78, 5) is 45.6. The molecule has 0 aromatic carbocycles. The van der Waals surface area contributed by atoms with Crippen LogP contribution in [0.15, 0.2) is 0 Å². The lowest BCUT2D eigenvalue weighted by atomic mass is 10.1. The van der Waals surface area contributed by atoms with Crippen molar-refractivity contribution in [3.63, 3.8) is 0 Å². The molecule has 0 aliphatic rings. The van der Waals surface area contributed by atoms with Crippen LogP contribution in [-0.4, -0.2) is 58.1 Å². The summed E-state index contributed by atoms with van der Waals surface area (Å²) in [5.74, 6) is -3.95. The lowest BCUT2D eigenvalue weighted by molar-refractivity contribution is -0.145. The predicted molar refractivity (Wildman–Crippen MR) is 75.3 cm³/mol. The van der Waals surface area contributed by atoms with Gasteiger partial charge in [0.05, 0.1) is 18.6 Å². The number of hydrogen-bond acceptors (Lipinski definition) is 6. The highest BCUT2D eigenvalue weighted by atomic mass is 16.4. The Morgan fingerprint density at radius 1 is 1.14 bits per heavy atom. The van der Waals surface area contributed by atoms with Crippen molar-refractivity contribution in [2.75, 3.05) is 0 Å². The second-order valence-corrected chi connectivity index (χ2v) is 4.81. The summed E-state index contributed by atoms with van der Waals surface area (Å²) in [7, 11) is 0. The number of rotatable bonds is 9. The van der Waals surface area contributed by atoms with E-state index in [4.69, 9.17) is 16.6 Å². The molecule has 3 amide bonds. The predicted octanol–water partition coefficient (Wildman–Crippen LogP) is -2.97. The number of nitrogens with one attached hydrogen (secondary N) is 2. The van der Waals surface area contributed by atoms with Crippen LogP contribution in [-0.2, 0) is 19.2 Å². The van der Waals surface area contributed by atoms with Crippen LogP contribution in [0.3, 0.4) is 0 Å². The third-order valence-electron chi connectivity index (χ3n) is 2.86. The fraction of sp³-hybridized carbons (Fsp3) is 0.667. The Balaban J connectivity index is 5.01. The average Bonchev–Trinajstić information content (AvgIpc) is 2.41. The van der Waals surface area contributed by atoms with E-state index in [-0.39, 0.29) is 0 Å². The number of aliphatic hydroxyl groups is 1. The number of amides is 3. The molecule has 0 unspecified atom stereocenters. The summed E-state index contributed by atoms with van der Waals surface area (Å²) in [6, 6.07) is -3.84. The Kier molecular flexibility index (Phi) is 8.05. The number of carboxylic acids is 1. The fourth-order valence-electron chi connectivity index (χ4n) is 1.52. The summed E-state index contributed by atoms with van der Waals surface area (Å²) in [5.41, 5.74) is 10.5. The standard InChI is InChI=1S/C12H22N4O6/c1-3-6(13)10(19)15-7(4-8(14)18)11(20)16-9(5(2)17)12(21)22/h5-7,9,17H,3-4,13H2,1-2H3,(H2,14,18)(H,15,19)(H,16,20)(H,21,22)/t5-,6+,7+,9+/m1/s1. The van der Waals surface area contributed by atoms with E-state index < -0.39 is 54.3 Å². The highest BCUT2D eigenvalue weighted by Crippen LogP contribution is 1.99. The van der Waals surface area contributed by atoms with Gasteiger partial charge in [-0.1, -0.05) is 6.92 Å². The molecule has 0 saturated heterocycles. The van der Waals surface area contributed by atoms with Gasteiger partial charge in [0.25, 0.3) is 0 Å². The Morgan fingerprint density at radius 2 is 1.68 bits per heavy atom. The van der Waals surface area contributed by atoms with E-state index in [0.29, 0.717) is 6.42 Å². The monoisotopic (exact) mass is 318 g/mol. The smallest absolute Gasteiger partial charge is 0.328 e. The zero-order valence-electron chi connectivity index (χ0n) is 12.4. The first-order valence-electron chi connectivity index (χ1n) is 6.65. The van der Waals surface area contributed by atoms with E-state index in [1.165, 1.54) is 6.92 Å². The van der Waals surface area contributed by atoms with Crippen LogP contribution in [0.1, 0.15) is 26.7 Å². The number of carbonyl (C=O) groups excluding carboxylic acids is 3. The average molecular weight is 318 g/mol. The van der Waals surface area contributed by atoms with Gasteiger partial charge in [0.15, 0.2) is 6.04 Å². The second kappa shape index (κ2) is 8.95. The molecule has 10 heteroatoms. The summed E-state index contributed by atoms with van der Waals surface area (Å²) >= 11 is 0. The van der Waals surface area contributed by atoms with Gasteiger partial charge in [-0.15, -0.1) is 0 Å². The van der Waals surface area contributed by atoms with E-state index in [2.05, 4.69) is 5.32 Å². The van der Waals surface area contributed by atoms with E-state index in [1.807, 2.05) is 5.32 Å². The topological polar surface area (TPSA) is 185 Å². The second-order valence-electron chi connectivity index (χ2n) is 4.81. The van der Waals surface area contributed by atoms with Gasteiger partial charge >= 0.3 is 5.97 Å². The molecule has 4 atom stereocenters. The third kappa shape index (κ3) is 6.50. The SMILES string of the molecule is CC[C@H](N)C(=O)N[C@@H](CC(N)=O)C(=O)N[C@H](C(=O)O)[C@@H](C)O. The van der Waals surface area contributed by atoms with Crippen molar-refractivity contribution < 1.29 is 29.4 Å². The number of aliphatic hydroxyl groups excluding tert-OH is 1. The molecule has 0 aromatic rings. The maximum atomic E-state index is 12.0. The highest BCUT2D eigenvalue weighted by molar-refractivity contribution is 5.94. The Hall–Kier alpha value is -2.20. The number of aliphatic carboxylic acids is 1. The summed E-state index contributed by atoms with van der Waals surface area (Å²) in [6.45, 7) is 2.83. The quantitative estimate of drug-likeness (QED) is 0.262. The molecule has 0 aliphatic heterocycles. The van der Waals surface area contributed by atoms with Crippen molar-refractivity contribution >= 4 is 23.7 Å². The number of nitrogens with two attached hydrogens (primary N) is 2. The van der Waals surface area contributed by atoms with E-state index >= 15 is 0 Å². The van der Waals surface area contributed by atoms with Crippen LogP contribution in [0.2, 0.25) is 0 Å². The lowest BCUT2D eigenvalue weighted by Gasteiger charge is -2.23. The van der Waals surface area contributed by atoms with E-state index in [0.717, 1.165) is 0 Å². The van der Waals surface area contributed by atoms with Crippen LogP contribution in [0.25, 0.3) is 0 Å². The van der Waals surface area contributed by atoms with Crippen LogP contribution in [0.4, 0.5) is 0 Å². The molecule has 0 spiro atoms. The minimum atomic E-state index is -1.58. The molecule has 0 radical (unpaired) electrons. The summed E-state index contributed by atoms with van der Waals surface area (Å²) in [5, 5.41) is 22.5. The van der Waals surface area contributed by atoms with Crippen molar-refractivity contribution in [1.29, 1.82) is 0 Å². The molecule has 0 fully saturated rings. The van der Waals surface area contributed by atoms with Gasteiger partial charge in [-0.2, -0.15) is 0 Å². The van der Waals surface area contributed by atoms with E-state index in [1.54, 1.807) is 6.92 Å². The van der Waals surface area contributed by atoms with Crippen LogP contribution in [0.5, 0.6) is 0 Å². The Morgan fingerprint density at radius 3 is 2.05 bits per heavy atom. The zero-order chi connectivity index (χ0) is 17.4. The molecule has 0 heterocycles. The van der Waals surface area contributed by atoms with Crippen LogP contribution < -0.4 is 22.1 Å². The number of carboxylic acid groups (broad SMARTS) is 1. The molecular weight excluding hydrogens is 296 g/mol. The minimum absolute atomic E-state index is 0.308. The van der Waals surface area contributed by atoms with Gasteiger partial charge in [-0.3, -0.25) is 14.4 Å². The maximum Gasteiger partial charge on any atom is 0.328 e. The van der Waals surface area contributed by atoms with Crippen molar-refractivity contribution in [1.82, 2.24) is 10.6 Å². The van der Waals surface area contributed by atoms with Crippen molar-refractivity contribution in [3.8, 4) is 0 Å². The van der Waals surface area contributed by atoms with Crippen LogP contribution in [0, 0.1) is 0 Å². The summed E-state index contributed by atoms with van der Waals surface area (Å²) in [6.07, 6.45) is -1.59. The minimum Gasteiger partial charge on any atom is -0.480 e. The fourth-order valence-corrected chi connectivity index (χ4v) is 1.52. The van der Waals surface area contributed by atoms with Crippen molar-refractivity contribution in [2.24, 2.45) is 11.5 Å². The van der Waals surface area contributed by atoms with Gasteiger partial charge in [0, 0.05) is 0 Å². The summed E-state index contributed by atoms with van der Waals surface area (Å²) < 4.78 is 0. The zero-order valence-corrected chi connectivity index (χ0v) is 12.4. The van der Waals surface area contributed by atoms with Gasteiger partial charge in [-0.25, -0.2) is 4.79 Å². The largest absolute Gasteiger partial charge is 0.480 e. The molecule has 0 aliphatic carbocycles. The first kappa shape index (κ1) is 19.8. The van der Waals surface area contributed by atoms with Gasteiger partial charge in [-0.05, 0) is 13.3 Å². The Bertz CT molecular complexity index is 439. The van der Waals surface area contributed by atoms with Crippen molar-refractivity contribution in [2.45, 2.75) is 50.9 Å². The van der Waals surface area contributed by atoms with Crippen LogP contribution >= 0.6 is 0 Å². The maximum absolute atomic E-state index is 12.0.